The molecule has 3 heteroatoms. The van der Waals surface area contributed by atoms with Crippen LogP contribution >= 0.6 is 0 Å². The number of pyridine rings is 1. The van der Waals surface area contributed by atoms with Gasteiger partial charge in [-0.1, -0.05) is 25.8 Å². The maximum Gasteiger partial charge on any atom is 0.0663 e. The standard InChI is InChI=1S/C14H23N3/c1-10-5-3-7-12(9-10)14(17-15)13-11(2)6-4-8-16-13/h4,6,8,10,12,14,17H,3,5,7,9,15H2,1-2H3. The van der Waals surface area contributed by atoms with Gasteiger partial charge in [-0.25, -0.2) is 0 Å². The molecule has 0 saturated heterocycles. The lowest BCUT2D eigenvalue weighted by Gasteiger charge is -2.33. The van der Waals surface area contributed by atoms with Crippen LogP contribution in [0.1, 0.15) is 49.9 Å². The number of aryl methyl sites for hydroxylation is 1. The second-order valence-corrected chi connectivity index (χ2v) is 5.38. The van der Waals surface area contributed by atoms with E-state index in [0.717, 1.165) is 11.6 Å². The highest BCUT2D eigenvalue weighted by atomic mass is 15.2. The Hall–Kier alpha value is -0.930. The fourth-order valence-electron chi connectivity index (χ4n) is 3.05. The first-order valence-electron chi connectivity index (χ1n) is 6.60. The van der Waals surface area contributed by atoms with Crippen molar-refractivity contribution in [2.24, 2.45) is 17.7 Å². The van der Waals surface area contributed by atoms with Gasteiger partial charge in [0.1, 0.15) is 0 Å². The van der Waals surface area contributed by atoms with E-state index in [1.165, 1.54) is 31.2 Å². The minimum absolute atomic E-state index is 0.207. The van der Waals surface area contributed by atoms with Gasteiger partial charge in [-0.05, 0) is 43.2 Å². The predicted octanol–water partition coefficient (Wildman–Crippen LogP) is 2.72. The molecular weight excluding hydrogens is 210 g/mol. The molecule has 3 unspecified atom stereocenters. The van der Waals surface area contributed by atoms with Crippen LogP contribution in [0.4, 0.5) is 0 Å². The lowest BCUT2D eigenvalue weighted by atomic mass is 9.77. The van der Waals surface area contributed by atoms with Crippen molar-refractivity contribution in [3.8, 4) is 0 Å². The molecule has 0 aromatic carbocycles. The molecule has 3 nitrogen and oxygen atoms in total. The molecule has 1 aliphatic carbocycles. The monoisotopic (exact) mass is 233 g/mol. The lowest BCUT2D eigenvalue weighted by Crippen LogP contribution is -2.36. The van der Waals surface area contributed by atoms with E-state index in [9.17, 15) is 0 Å². The van der Waals surface area contributed by atoms with Gasteiger partial charge < -0.3 is 0 Å². The van der Waals surface area contributed by atoms with E-state index in [0.29, 0.717) is 5.92 Å². The molecule has 17 heavy (non-hydrogen) atoms. The highest BCUT2D eigenvalue weighted by Crippen LogP contribution is 2.36. The predicted molar refractivity (Wildman–Crippen MR) is 70.2 cm³/mol. The molecule has 1 saturated carbocycles. The van der Waals surface area contributed by atoms with Crippen LogP contribution in [-0.2, 0) is 0 Å². The Morgan fingerprint density at radius 3 is 2.94 bits per heavy atom. The highest BCUT2D eigenvalue weighted by molar-refractivity contribution is 5.21. The zero-order valence-electron chi connectivity index (χ0n) is 10.8. The third-order valence-electron chi connectivity index (χ3n) is 3.97. The van der Waals surface area contributed by atoms with E-state index in [1.54, 1.807) is 0 Å². The van der Waals surface area contributed by atoms with E-state index in [1.807, 2.05) is 12.3 Å². The van der Waals surface area contributed by atoms with Crippen molar-refractivity contribution in [2.45, 2.75) is 45.6 Å². The maximum atomic E-state index is 5.76. The molecule has 94 valence electrons. The molecule has 0 aliphatic heterocycles. The van der Waals surface area contributed by atoms with Gasteiger partial charge in [-0.15, -0.1) is 0 Å². The zero-order valence-corrected chi connectivity index (χ0v) is 10.8. The van der Waals surface area contributed by atoms with Crippen LogP contribution in [0.25, 0.3) is 0 Å². The number of hydrogen-bond acceptors (Lipinski definition) is 3. The second-order valence-electron chi connectivity index (χ2n) is 5.38. The molecule has 1 aliphatic rings. The Morgan fingerprint density at radius 2 is 2.29 bits per heavy atom. The summed E-state index contributed by atoms with van der Waals surface area (Å²) in [6, 6.07) is 4.30. The largest absolute Gasteiger partial charge is 0.271 e. The van der Waals surface area contributed by atoms with Gasteiger partial charge in [0.15, 0.2) is 0 Å². The van der Waals surface area contributed by atoms with Crippen molar-refractivity contribution in [2.75, 3.05) is 0 Å². The summed E-state index contributed by atoms with van der Waals surface area (Å²) in [5.41, 5.74) is 5.34. The van der Waals surface area contributed by atoms with Gasteiger partial charge in [0.25, 0.3) is 0 Å². The quantitative estimate of drug-likeness (QED) is 0.623. The zero-order chi connectivity index (χ0) is 12.3. The van der Waals surface area contributed by atoms with Gasteiger partial charge >= 0.3 is 0 Å². The number of aromatic nitrogens is 1. The highest BCUT2D eigenvalue weighted by Gasteiger charge is 2.28. The van der Waals surface area contributed by atoms with Crippen molar-refractivity contribution in [1.82, 2.24) is 10.4 Å². The molecule has 2 rings (SSSR count). The van der Waals surface area contributed by atoms with Crippen LogP contribution in [-0.4, -0.2) is 4.98 Å². The Morgan fingerprint density at radius 1 is 1.47 bits per heavy atom. The minimum Gasteiger partial charge on any atom is -0.271 e. The molecule has 0 spiro atoms. The first-order chi connectivity index (χ1) is 8.22. The summed E-state index contributed by atoms with van der Waals surface area (Å²) in [7, 11) is 0. The Labute approximate surface area is 104 Å². The third kappa shape index (κ3) is 2.85. The fraction of sp³-hybridized carbons (Fsp3) is 0.643. The van der Waals surface area contributed by atoms with E-state index in [4.69, 9.17) is 5.84 Å². The summed E-state index contributed by atoms with van der Waals surface area (Å²) < 4.78 is 0. The van der Waals surface area contributed by atoms with Crippen molar-refractivity contribution in [3.05, 3.63) is 29.6 Å². The average molecular weight is 233 g/mol. The normalized spacial score (nSPS) is 26.8. The van der Waals surface area contributed by atoms with E-state index in [2.05, 4.69) is 30.3 Å². The summed E-state index contributed by atoms with van der Waals surface area (Å²) >= 11 is 0. The van der Waals surface area contributed by atoms with Crippen LogP contribution in [0, 0.1) is 18.8 Å². The molecule has 3 atom stereocenters. The van der Waals surface area contributed by atoms with Gasteiger partial charge in [0.2, 0.25) is 0 Å². The van der Waals surface area contributed by atoms with Crippen LogP contribution in [0.2, 0.25) is 0 Å². The summed E-state index contributed by atoms with van der Waals surface area (Å²) in [5.74, 6) is 7.20. The van der Waals surface area contributed by atoms with Crippen molar-refractivity contribution in [3.63, 3.8) is 0 Å². The number of nitrogens with two attached hydrogens (primary N) is 1. The van der Waals surface area contributed by atoms with Crippen LogP contribution in [0.3, 0.4) is 0 Å². The average Bonchev–Trinajstić information content (AvgIpc) is 2.33. The van der Waals surface area contributed by atoms with Crippen LogP contribution in [0.5, 0.6) is 0 Å². The van der Waals surface area contributed by atoms with Gasteiger partial charge in [0.05, 0.1) is 11.7 Å². The topological polar surface area (TPSA) is 50.9 Å². The number of hydrogen-bond donors (Lipinski definition) is 2. The maximum absolute atomic E-state index is 5.76. The van der Waals surface area contributed by atoms with E-state index in [-0.39, 0.29) is 6.04 Å². The fourth-order valence-corrected chi connectivity index (χ4v) is 3.05. The first kappa shape index (κ1) is 12.5. The second kappa shape index (κ2) is 5.61. The van der Waals surface area contributed by atoms with Crippen molar-refractivity contribution >= 4 is 0 Å². The SMILES string of the molecule is Cc1cccnc1C(NN)C1CCCC(C)C1. The van der Waals surface area contributed by atoms with E-state index >= 15 is 0 Å². The van der Waals surface area contributed by atoms with E-state index < -0.39 is 0 Å². The summed E-state index contributed by atoms with van der Waals surface area (Å²) in [4.78, 5) is 4.51. The van der Waals surface area contributed by atoms with Crippen LogP contribution < -0.4 is 11.3 Å². The molecule has 3 N–H and O–H groups in total. The number of nitrogens with one attached hydrogen (secondary N) is 1. The lowest BCUT2D eigenvalue weighted by molar-refractivity contribution is 0.221. The van der Waals surface area contributed by atoms with Crippen LogP contribution in [0.15, 0.2) is 18.3 Å². The molecule has 1 aromatic rings. The summed E-state index contributed by atoms with van der Waals surface area (Å²) in [5, 5.41) is 0. The Kier molecular flexibility index (Phi) is 4.13. The van der Waals surface area contributed by atoms with Crippen molar-refractivity contribution < 1.29 is 0 Å². The first-order valence-corrected chi connectivity index (χ1v) is 6.60. The number of hydrazine groups is 1. The summed E-state index contributed by atoms with van der Waals surface area (Å²) in [6.07, 6.45) is 7.05. The third-order valence-corrected chi connectivity index (χ3v) is 3.97. The molecule has 0 bridgehead atoms. The number of rotatable bonds is 3. The molecule has 1 heterocycles. The van der Waals surface area contributed by atoms with Gasteiger partial charge in [-0.2, -0.15) is 0 Å². The van der Waals surface area contributed by atoms with Gasteiger partial charge in [0, 0.05) is 6.20 Å². The molecule has 1 aromatic heterocycles. The Balaban J connectivity index is 2.18. The van der Waals surface area contributed by atoms with Crippen molar-refractivity contribution in [1.29, 1.82) is 0 Å². The molecule has 1 fully saturated rings. The molecule has 0 amide bonds. The van der Waals surface area contributed by atoms with Gasteiger partial charge in [-0.3, -0.25) is 16.3 Å². The molecular formula is C14H23N3. The Bertz CT molecular complexity index is 364. The number of nitrogens with zero attached hydrogens (tertiary/aromatic N) is 1. The molecule has 0 radical (unpaired) electrons. The minimum atomic E-state index is 0.207. The summed E-state index contributed by atoms with van der Waals surface area (Å²) in [6.45, 7) is 4.45. The smallest absolute Gasteiger partial charge is 0.0663 e.